The summed E-state index contributed by atoms with van der Waals surface area (Å²) in [4.78, 5) is 17.6. The molecule has 0 fully saturated rings. The Labute approximate surface area is 168 Å². The molecule has 0 spiro atoms. The quantitative estimate of drug-likeness (QED) is 0.573. The van der Waals surface area contributed by atoms with E-state index in [1.54, 1.807) is 27.2 Å². The summed E-state index contributed by atoms with van der Waals surface area (Å²) in [5.41, 5.74) is 1.92. The molecule has 0 saturated heterocycles. The predicted molar refractivity (Wildman–Crippen MR) is 107 cm³/mol. The zero-order chi connectivity index (χ0) is 19.6. The van der Waals surface area contributed by atoms with Gasteiger partial charge in [-0.1, -0.05) is 0 Å². The molecule has 8 heteroatoms. The molecule has 5 nitrogen and oxygen atoms in total. The first-order valence-electron chi connectivity index (χ1n) is 7.89. The number of carbonyl (C=O) groups excluding carboxylic acids is 1. The average molecular weight is 451 g/mol. The van der Waals surface area contributed by atoms with Crippen LogP contribution in [0.3, 0.4) is 0 Å². The van der Waals surface area contributed by atoms with Crippen LogP contribution in [0.1, 0.15) is 15.4 Å². The zero-order valence-electron chi connectivity index (χ0n) is 14.8. The van der Waals surface area contributed by atoms with Gasteiger partial charge in [0.15, 0.2) is 11.5 Å². The largest absolute Gasteiger partial charge is 0.493 e. The zero-order valence-corrected chi connectivity index (χ0v) is 17.2. The molecule has 3 rings (SSSR count). The molecule has 2 aromatic carbocycles. The second kappa shape index (κ2) is 8.06. The average Bonchev–Trinajstić information content (AvgIpc) is 3.05. The van der Waals surface area contributed by atoms with E-state index in [1.807, 2.05) is 12.1 Å². The number of nitrogens with one attached hydrogen (secondary N) is 1. The van der Waals surface area contributed by atoms with Crippen molar-refractivity contribution in [2.45, 2.75) is 6.92 Å². The molecule has 0 aliphatic rings. The number of hydrogen-bond donors (Lipinski definition) is 1. The van der Waals surface area contributed by atoms with Crippen molar-refractivity contribution in [3.05, 3.63) is 57.3 Å². The minimum absolute atomic E-state index is 0.302. The molecule has 0 atom stereocenters. The molecule has 1 N–H and O–H groups in total. The molecule has 3 aromatic rings. The van der Waals surface area contributed by atoms with Crippen LogP contribution in [0.2, 0.25) is 0 Å². The maximum Gasteiger partial charge on any atom is 0.267 e. The van der Waals surface area contributed by atoms with Crippen molar-refractivity contribution in [1.29, 1.82) is 0 Å². The van der Waals surface area contributed by atoms with Crippen LogP contribution in [0.5, 0.6) is 11.5 Å². The van der Waals surface area contributed by atoms with Gasteiger partial charge >= 0.3 is 0 Å². The Morgan fingerprint density at radius 3 is 2.56 bits per heavy atom. The fraction of sp³-hybridized carbons (Fsp3) is 0.158. The molecule has 0 unspecified atom stereocenters. The SMILES string of the molecule is COc1ccc(-c2nc(C)c(C(=O)Nc3ccc(F)cc3Br)s2)cc1OC. The molecule has 1 heterocycles. The molecule has 1 aromatic heterocycles. The molecular weight excluding hydrogens is 435 g/mol. The van der Waals surface area contributed by atoms with E-state index in [0.717, 1.165) is 5.56 Å². The number of methoxy groups -OCH3 is 2. The number of rotatable bonds is 5. The van der Waals surface area contributed by atoms with Crippen molar-refractivity contribution < 1.29 is 18.7 Å². The normalized spacial score (nSPS) is 10.6. The Bertz CT molecular complexity index is 1010. The maximum atomic E-state index is 13.2. The minimum atomic E-state index is -0.385. The van der Waals surface area contributed by atoms with E-state index >= 15 is 0 Å². The van der Waals surface area contributed by atoms with Gasteiger partial charge in [-0.05, 0) is 59.3 Å². The van der Waals surface area contributed by atoms with Crippen molar-refractivity contribution in [1.82, 2.24) is 4.98 Å². The van der Waals surface area contributed by atoms with Crippen molar-refractivity contribution in [2.75, 3.05) is 19.5 Å². The summed E-state index contributed by atoms with van der Waals surface area (Å²) in [6.07, 6.45) is 0. The van der Waals surface area contributed by atoms with Crippen LogP contribution in [0.15, 0.2) is 40.9 Å². The molecule has 0 aliphatic carbocycles. The van der Waals surface area contributed by atoms with E-state index in [1.165, 1.54) is 29.5 Å². The molecule has 0 bridgehead atoms. The van der Waals surface area contributed by atoms with E-state index < -0.39 is 0 Å². The predicted octanol–water partition coefficient (Wildman–Crippen LogP) is 5.29. The Morgan fingerprint density at radius 1 is 1.15 bits per heavy atom. The minimum Gasteiger partial charge on any atom is -0.493 e. The summed E-state index contributed by atoms with van der Waals surface area (Å²) in [6, 6.07) is 9.55. The highest BCUT2D eigenvalue weighted by atomic mass is 79.9. The van der Waals surface area contributed by atoms with Gasteiger partial charge in [-0.2, -0.15) is 0 Å². The first kappa shape index (κ1) is 19.3. The van der Waals surface area contributed by atoms with Crippen molar-refractivity contribution in [3.8, 4) is 22.1 Å². The van der Waals surface area contributed by atoms with Crippen LogP contribution in [0.25, 0.3) is 10.6 Å². The number of nitrogens with zero attached hydrogens (tertiary/aromatic N) is 1. The molecule has 0 aliphatic heterocycles. The lowest BCUT2D eigenvalue weighted by Gasteiger charge is -2.08. The smallest absolute Gasteiger partial charge is 0.267 e. The number of carbonyl (C=O) groups is 1. The van der Waals surface area contributed by atoms with E-state index in [2.05, 4.69) is 26.2 Å². The lowest BCUT2D eigenvalue weighted by Crippen LogP contribution is -2.12. The third kappa shape index (κ3) is 4.12. The second-order valence-electron chi connectivity index (χ2n) is 5.58. The fourth-order valence-electron chi connectivity index (χ4n) is 2.47. The maximum absolute atomic E-state index is 13.2. The van der Waals surface area contributed by atoms with E-state index in [-0.39, 0.29) is 11.7 Å². The Balaban J connectivity index is 1.89. The lowest BCUT2D eigenvalue weighted by molar-refractivity contribution is 0.102. The number of benzene rings is 2. The van der Waals surface area contributed by atoms with Gasteiger partial charge in [0.25, 0.3) is 5.91 Å². The van der Waals surface area contributed by atoms with Crippen LogP contribution in [-0.2, 0) is 0 Å². The Kier molecular flexibility index (Phi) is 5.76. The number of hydrogen-bond acceptors (Lipinski definition) is 5. The van der Waals surface area contributed by atoms with E-state index in [4.69, 9.17) is 9.47 Å². The monoisotopic (exact) mass is 450 g/mol. The second-order valence-corrected chi connectivity index (χ2v) is 7.44. The molecular formula is C19H16BrFN2O3S. The summed E-state index contributed by atoms with van der Waals surface area (Å²) in [5.74, 6) is 0.520. The van der Waals surface area contributed by atoms with Gasteiger partial charge in [0.1, 0.15) is 15.7 Å². The summed E-state index contributed by atoms with van der Waals surface area (Å²) in [6.45, 7) is 1.77. The number of thiazole rings is 1. The van der Waals surface area contributed by atoms with Crippen LogP contribution in [0.4, 0.5) is 10.1 Å². The number of amides is 1. The van der Waals surface area contributed by atoms with Gasteiger partial charge in [-0.25, -0.2) is 9.37 Å². The van der Waals surface area contributed by atoms with Crippen molar-refractivity contribution >= 4 is 38.9 Å². The van der Waals surface area contributed by atoms with Crippen molar-refractivity contribution in [3.63, 3.8) is 0 Å². The summed E-state index contributed by atoms with van der Waals surface area (Å²) in [5, 5.41) is 3.46. The Morgan fingerprint density at radius 2 is 1.89 bits per heavy atom. The topological polar surface area (TPSA) is 60.5 Å². The molecule has 0 saturated carbocycles. The highest BCUT2D eigenvalue weighted by Gasteiger charge is 2.18. The number of ether oxygens (including phenoxy) is 2. The lowest BCUT2D eigenvalue weighted by atomic mass is 10.2. The number of halogens is 2. The van der Waals surface area contributed by atoms with Crippen LogP contribution in [-0.4, -0.2) is 25.1 Å². The molecule has 1 amide bonds. The Hall–Kier alpha value is -2.45. The number of aryl methyl sites for hydroxylation is 1. The van der Waals surface area contributed by atoms with Gasteiger partial charge in [0.2, 0.25) is 0 Å². The highest BCUT2D eigenvalue weighted by Crippen LogP contribution is 2.35. The van der Waals surface area contributed by atoms with Gasteiger partial charge in [-0.15, -0.1) is 11.3 Å². The van der Waals surface area contributed by atoms with Gasteiger partial charge in [0, 0.05) is 10.0 Å². The summed E-state index contributed by atoms with van der Waals surface area (Å²) in [7, 11) is 3.13. The third-order valence-electron chi connectivity index (χ3n) is 3.81. The first-order chi connectivity index (χ1) is 12.9. The van der Waals surface area contributed by atoms with Crippen LogP contribution < -0.4 is 14.8 Å². The van der Waals surface area contributed by atoms with Gasteiger partial charge in [-0.3, -0.25) is 4.79 Å². The summed E-state index contributed by atoms with van der Waals surface area (Å²) >= 11 is 4.52. The van der Waals surface area contributed by atoms with Crippen LogP contribution in [0, 0.1) is 12.7 Å². The standard InChI is InChI=1S/C19H16BrFN2O3S/c1-10-17(18(24)23-14-6-5-12(21)9-13(14)20)27-19(22-10)11-4-7-15(25-2)16(8-11)26-3/h4-9H,1-3H3,(H,23,24). The molecule has 140 valence electrons. The first-order valence-corrected chi connectivity index (χ1v) is 9.50. The number of anilines is 1. The van der Waals surface area contributed by atoms with Gasteiger partial charge < -0.3 is 14.8 Å². The fourth-order valence-corrected chi connectivity index (χ4v) is 3.88. The molecule has 27 heavy (non-hydrogen) atoms. The highest BCUT2D eigenvalue weighted by molar-refractivity contribution is 9.10. The number of aromatic nitrogens is 1. The van der Waals surface area contributed by atoms with E-state index in [9.17, 15) is 9.18 Å². The van der Waals surface area contributed by atoms with Gasteiger partial charge in [0.05, 0.1) is 25.6 Å². The third-order valence-corrected chi connectivity index (χ3v) is 5.67. The van der Waals surface area contributed by atoms with E-state index in [0.29, 0.717) is 37.2 Å². The van der Waals surface area contributed by atoms with Crippen molar-refractivity contribution in [2.24, 2.45) is 0 Å². The summed E-state index contributed by atoms with van der Waals surface area (Å²) < 4.78 is 24.2. The molecule has 0 radical (unpaired) electrons. The van der Waals surface area contributed by atoms with Crippen LogP contribution >= 0.6 is 27.3 Å².